The average Bonchev–Trinajstić information content (AvgIpc) is 2.74. The van der Waals surface area contributed by atoms with E-state index >= 15 is 0 Å². The van der Waals surface area contributed by atoms with Crippen molar-refractivity contribution in [1.82, 2.24) is 0 Å². The molecule has 0 aliphatic rings. The van der Waals surface area contributed by atoms with Gasteiger partial charge in [-0.1, -0.05) is 107 Å². The molecule has 0 fully saturated rings. The predicted octanol–water partition coefficient (Wildman–Crippen LogP) is 8.27. The lowest BCUT2D eigenvalue weighted by Gasteiger charge is -2.23. The molecule has 0 aliphatic heterocycles. The van der Waals surface area contributed by atoms with E-state index in [-0.39, 0.29) is 0 Å². The van der Waals surface area contributed by atoms with Crippen LogP contribution >= 0.6 is 0 Å². The smallest absolute Gasteiger partial charge is 0.0113 e. The van der Waals surface area contributed by atoms with Gasteiger partial charge in [0.1, 0.15) is 0 Å². The molecule has 0 unspecified atom stereocenters. The average molecular weight is 371 g/mol. The quantitative estimate of drug-likeness (QED) is 0.355. The summed E-state index contributed by atoms with van der Waals surface area (Å²) in [5.41, 5.74) is 10.4. The van der Waals surface area contributed by atoms with Crippen LogP contribution in [0.4, 0.5) is 0 Å². The lowest BCUT2D eigenvalue weighted by atomic mass is 9.81. The number of unbranched alkanes of at least 4 members (excludes halogenated alkanes) is 1. The zero-order valence-corrected chi connectivity index (χ0v) is 17.8. The monoisotopic (exact) mass is 370 g/mol. The Balaban J connectivity index is 2.35. The van der Waals surface area contributed by atoms with Crippen LogP contribution in [-0.4, -0.2) is 0 Å². The van der Waals surface area contributed by atoms with Gasteiger partial charge in [-0.05, 0) is 64.6 Å². The van der Waals surface area contributed by atoms with Crippen LogP contribution in [0.15, 0.2) is 66.7 Å². The molecular weight excluding hydrogens is 336 g/mol. The van der Waals surface area contributed by atoms with Gasteiger partial charge in [0.2, 0.25) is 0 Å². The second-order valence-corrected chi connectivity index (χ2v) is 7.76. The number of rotatable bonds is 9. The molecule has 0 aromatic heterocycles. The van der Waals surface area contributed by atoms with E-state index in [4.69, 9.17) is 0 Å². The van der Waals surface area contributed by atoms with E-state index in [9.17, 15) is 0 Å². The van der Waals surface area contributed by atoms with Gasteiger partial charge in [-0.3, -0.25) is 0 Å². The van der Waals surface area contributed by atoms with Gasteiger partial charge in [0.25, 0.3) is 0 Å². The van der Waals surface area contributed by atoms with Gasteiger partial charge in [0, 0.05) is 0 Å². The molecule has 0 heteroatoms. The van der Waals surface area contributed by atoms with Crippen molar-refractivity contribution in [3.63, 3.8) is 0 Å². The Bertz CT molecular complexity index is 792. The van der Waals surface area contributed by atoms with Gasteiger partial charge in [-0.2, -0.15) is 0 Å². The molecule has 0 nitrogen and oxygen atoms in total. The highest BCUT2D eigenvalue weighted by Gasteiger charge is 2.19. The zero-order chi connectivity index (χ0) is 19.8. The minimum Gasteiger partial charge on any atom is -0.0654 e. The second kappa shape index (κ2) is 10.3. The second-order valence-electron chi connectivity index (χ2n) is 7.76. The van der Waals surface area contributed by atoms with Crippen LogP contribution in [0.5, 0.6) is 0 Å². The molecule has 0 saturated heterocycles. The standard InChI is InChI=1S/C28H34/c1-4-7-20-26-27(22-16-10-8-11-17-22)24(14-5-2)21-25(15-6-3)28(26)23-18-12-9-13-19-23/h8-13,16-19,21H,4-7,14-15,20H2,1-3H3. The highest BCUT2D eigenvalue weighted by Crippen LogP contribution is 2.40. The first-order valence-corrected chi connectivity index (χ1v) is 11.1. The lowest BCUT2D eigenvalue weighted by Crippen LogP contribution is -2.04. The summed E-state index contributed by atoms with van der Waals surface area (Å²) >= 11 is 0. The zero-order valence-electron chi connectivity index (χ0n) is 17.8. The highest BCUT2D eigenvalue weighted by molar-refractivity contribution is 5.83. The van der Waals surface area contributed by atoms with Crippen LogP contribution in [0.3, 0.4) is 0 Å². The van der Waals surface area contributed by atoms with E-state index in [1.165, 1.54) is 59.1 Å². The summed E-state index contributed by atoms with van der Waals surface area (Å²) in [6, 6.07) is 24.6. The Kier molecular flexibility index (Phi) is 7.48. The Morgan fingerprint density at radius 1 is 0.536 bits per heavy atom. The molecule has 3 rings (SSSR count). The summed E-state index contributed by atoms with van der Waals surface area (Å²) < 4.78 is 0. The third-order valence-corrected chi connectivity index (χ3v) is 5.54. The van der Waals surface area contributed by atoms with Crippen molar-refractivity contribution in [3.8, 4) is 22.3 Å². The van der Waals surface area contributed by atoms with Crippen LogP contribution in [0.2, 0.25) is 0 Å². The summed E-state index contributed by atoms with van der Waals surface area (Å²) in [7, 11) is 0. The lowest BCUT2D eigenvalue weighted by molar-refractivity contribution is 0.792. The first kappa shape index (κ1) is 20.4. The van der Waals surface area contributed by atoms with E-state index in [2.05, 4.69) is 87.5 Å². The van der Waals surface area contributed by atoms with Crippen LogP contribution in [0.1, 0.15) is 63.1 Å². The Labute approximate surface area is 171 Å². The molecule has 0 radical (unpaired) electrons. The van der Waals surface area contributed by atoms with Crippen molar-refractivity contribution >= 4 is 0 Å². The van der Waals surface area contributed by atoms with E-state index < -0.39 is 0 Å². The van der Waals surface area contributed by atoms with Gasteiger partial charge in [-0.25, -0.2) is 0 Å². The molecule has 146 valence electrons. The normalized spacial score (nSPS) is 11.0. The van der Waals surface area contributed by atoms with Gasteiger partial charge in [0.15, 0.2) is 0 Å². The van der Waals surface area contributed by atoms with Crippen molar-refractivity contribution < 1.29 is 0 Å². The van der Waals surface area contributed by atoms with Crippen molar-refractivity contribution in [3.05, 3.63) is 83.4 Å². The maximum atomic E-state index is 2.52. The van der Waals surface area contributed by atoms with Gasteiger partial charge in [-0.15, -0.1) is 0 Å². The number of hydrogen-bond acceptors (Lipinski definition) is 0. The minimum absolute atomic E-state index is 1.15. The van der Waals surface area contributed by atoms with E-state index in [0.29, 0.717) is 0 Å². The largest absolute Gasteiger partial charge is 0.0654 e. The molecule has 0 N–H and O–H groups in total. The number of aryl methyl sites for hydroxylation is 2. The molecule has 3 aromatic carbocycles. The summed E-state index contributed by atoms with van der Waals surface area (Å²) in [5, 5.41) is 0. The Morgan fingerprint density at radius 2 is 1.00 bits per heavy atom. The van der Waals surface area contributed by atoms with Gasteiger partial charge < -0.3 is 0 Å². The molecule has 3 aromatic rings. The van der Waals surface area contributed by atoms with Crippen LogP contribution in [-0.2, 0) is 19.3 Å². The maximum absolute atomic E-state index is 2.52. The molecule has 0 saturated carbocycles. The molecule has 0 spiro atoms. The van der Waals surface area contributed by atoms with Crippen molar-refractivity contribution in [2.75, 3.05) is 0 Å². The third-order valence-electron chi connectivity index (χ3n) is 5.54. The van der Waals surface area contributed by atoms with Crippen molar-refractivity contribution in [1.29, 1.82) is 0 Å². The Hall–Kier alpha value is -2.34. The fourth-order valence-electron chi connectivity index (χ4n) is 4.33. The van der Waals surface area contributed by atoms with E-state index in [1.54, 1.807) is 5.56 Å². The SMILES string of the molecule is CCCCc1c(-c2ccccc2)c(CCC)cc(CCC)c1-c1ccccc1. The summed E-state index contributed by atoms with van der Waals surface area (Å²) in [4.78, 5) is 0. The first-order valence-electron chi connectivity index (χ1n) is 11.1. The molecule has 0 amide bonds. The minimum atomic E-state index is 1.15. The van der Waals surface area contributed by atoms with Crippen molar-refractivity contribution in [2.24, 2.45) is 0 Å². The Morgan fingerprint density at radius 3 is 1.39 bits per heavy atom. The van der Waals surface area contributed by atoms with E-state index in [0.717, 1.165) is 19.3 Å². The van der Waals surface area contributed by atoms with Gasteiger partial charge >= 0.3 is 0 Å². The third kappa shape index (κ3) is 4.55. The number of benzene rings is 3. The fraction of sp³-hybridized carbons (Fsp3) is 0.357. The summed E-state index contributed by atoms with van der Waals surface area (Å²) in [5.74, 6) is 0. The molecule has 0 atom stereocenters. The molecule has 0 heterocycles. The molecule has 0 aliphatic carbocycles. The predicted molar refractivity (Wildman–Crippen MR) is 124 cm³/mol. The van der Waals surface area contributed by atoms with Gasteiger partial charge in [0.05, 0.1) is 0 Å². The summed E-state index contributed by atoms with van der Waals surface area (Å²) in [6.07, 6.45) is 8.28. The molecular formula is C28H34. The number of hydrogen-bond donors (Lipinski definition) is 0. The van der Waals surface area contributed by atoms with Crippen LogP contribution in [0, 0.1) is 0 Å². The fourth-order valence-corrected chi connectivity index (χ4v) is 4.33. The maximum Gasteiger partial charge on any atom is -0.0113 e. The van der Waals surface area contributed by atoms with Crippen LogP contribution in [0.25, 0.3) is 22.3 Å². The van der Waals surface area contributed by atoms with E-state index in [1.807, 2.05) is 0 Å². The topological polar surface area (TPSA) is 0 Å². The first-order chi connectivity index (χ1) is 13.8. The molecule has 0 bridgehead atoms. The molecule has 28 heavy (non-hydrogen) atoms. The highest BCUT2D eigenvalue weighted by atomic mass is 14.2. The van der Waals surface area contributed by atoms with Crippen molar-refractivity contribution in [2.45, 2.75) is 65.7 Å². The summed E-state index contributed by atoms with van der Waals surface area (Å²) in [6.45, 7) is 6.89. The van der Waals surface area contributed by atoms with Crippen LogP contribution < -0.4 is 0 Å².